The normalized spacial score (nSPS) is 18.0. The highest BCUT2D eigenvalue weighted by Gasteiger charge is 2.40. The summed E-state index contributed by atoms with van der Waals surface area (Å²) in [7, 11) is 0. The minimum atomic E-state index is -0.377. The van der Waals surface area contributed by atoms with Gasteiger partial charge in [0.2, 0.25) is 5.91 Å². The van der Waals surface area contributed by atoms with E-state index in [4.69, 9.17) is 0 Å². The summed E-state index contributed by atoms with van der Waals surface area (Å²) in [5.41, 5.74) is 2.96. The van der Waals surface area contributed by atoms with E-state index in [1.165, 1.54) is 5.56 Å². The number of likely N-dealkylation sites (tertiary alicyclic amines) is 1. The van der Waals surface area contributed by atoms with Crippen LogP contribution in [0.1, 0.15) is 40.7 Å². The molecule has 0 N–H and O–H groups in total. The Morgan fingerprint density at radius 3 is 2.60 bits per heavy atom. The Labute approximate surface area is 147 Å². The molecule has 0 aliphatic carbocycles. The Kier molecular flexibility index (Phi) is 3.99. The number of benzene rings is 1. The molecule has 4 rings (SSSR count). The van der Waals surface area contributed by atoms with E-state index in [9.17, 15) is 9.59 Å². The van der Waals surface area contributed by atoms with Crippen LogP contribution in [0, 0.1) is 0 Å². The second kappa shape index (κ2) is 6.31. The quantitative estimate of drug-likeness (QED) is 0.862. The smallest absolute Gasteiger partial charge is 0.255 e. The van der Waals surface area contributed by atoms with Crippen molar-refractivity contribution in [1.29, 1.82) is 0 Å². The van der Waals surface area contributed by atoms with Crippen LogP contribution < -0.4 is 0 Å². The molecule has 1 atom stereocenters. The van der Waals surface area contributed by atoms with Gasteiger partial charge in [0.15, 0.2) is 0 Å². The number of fused-ring (bicyclic) bond motifs is 1. The lowest BCUT2D eigenvalue weighted by Gasteiger charge is -2.42. The second-order valence-corrected chi connectivity index (χ2v) is 6.73. The van der Waals surface area contributed by atoms with Gasteiger partial charge in [0.05, 0.1) is 0 Å². The first-order chi connectivity index (χ1) is 12.2. The fourth-order valence-electron chi connectivity index (χ4n) is 3.77. The van der Waals surface area contributed by atoms with E-state index < -0.39 is 0 Å². The fourth-order valence-corrected chi connectivity index (χ4v) is 3.77. The van der Waals surface area contributed by atoms with E-state index in [1.807, 2.05) is 48.2 Å². The number of carbonyl (C=O) groups excluding carboxylic acids is 2. The lowest BCUT2D eigenvalue weighted by Crippen LogP contribution is -2.56. The molecule has 3 heterocycles. The summed E-state index contributed by atoms with van der Waals surface area (Å²) < 4.78 is 0. The average Bonchev–Trinajstić information content (AvgIpc) is 2.93. The standard InChI is InChI=1S/C20H21N3O2/c1-2-18(23-13-15-5-3-4-6-17(15)19(23)24)20(25)22-11-16(12-22)14-7-9-21-10-8-14/h3-10,16,18H,2,11-13H2,1H3/t18-/m0/s1. The molecule has 5 heteroatoms. The largest absolute Gasteiger partial charge is 0.340 e. The molecule has 1 fully saturated rings. The summed E-state index contributed by atoms with van der Waals surface area (Å²) >= 11 is 0. The summed E-state index contributed by atoms with van der Waals surface area (Å²) in [5.74, 6) is 0.409. The van der Waals surface area contributed by atoms with Crippen molar-refractivity contribution in [2.75, 3.05) is 13.1 Å². The first kappa shape index (κ1) is 15.8. The van der Waals surface area contributed by atoms with Crippen molar-refractivity contribution in [1.82, 2.24) is 14.8 Å². The molecule has 0 saturated carbocycles. The number of hydrogen-bond acceptors (Lipinski definition) is 3. The maximum Gasteiger partial charge on any atom is 0.255 e. The van der Waals surface area contributed by atoms with Crippen LogP contribution >= 0.6 is 0 Å². The Bertz CT molecular complexity index is 800. The van der Waals surface area contributed by atoms with Crippen LogP contribution in [0.4, 0.5) is 0 Å². The number of carbonyl (C=O) groups is 2. The number of pyridine rings is 1. The molecular formula is C20H21N3O2. The van der Waals surface area contributed by atoms with Crippen molar-refractivity contribution < 1.29 is 9.59 Å². The molecule has 128 valence electrons. The van der Waals surface area contributed by atoms with Crippen molar-refractivity contribution in [3.8, 4) is 0 Å². The molecule has 1 saturated heterocycles. The van der Waals surface area contributed by atoms with Gasteiger partial charge in [0.1, 0.15) is 6.04 Å². The van der Waals surface area contributed by atoms with Crippen molar-refractivity contribution in [3.05, 3.63) is 65.5 Å². The van der Waals surface area contributed by atoms with E-state index in [2.05, 4.69) is 4.98 Å². The number of hydrogen-bond donors (Lipinski definition) is 0. The zero-order valence-corrected chi connectivity index (χ0v) is 14.3. The highest BCUT2D eigenvalue weighted by molar-refractivity contribution is 6.01. The third kappa shape index (κ3) is 2.69. The van der Waals surface area contributed by atoms with Crippen LogP contribution in [0.15, 0.2) is 48.8 Å². The summed E-state index contributed by atoms with van der Waals surface area (Å²) in [6.07, 6.45) is 4.21. The fraction of sp³-hybridized carbons (Fsp3) is 0.350. The predicted octanol–water partition coefficient (Wildman–Crippen LogP) is 2.44. The number of amides is 2. The minimum absolute atomic E-state index is 0.0259. The first-order valence-corrected chi connectivity index (χ1v) is 8.76. The Morgan fingerprint density at radius 1 is 1.20 bits per heavy atom. The van der Waals surface area contributed by atoms with E-state index >= 15 is 0 Å². The summed E-state index contributed by atoms with van der Waals surface area (Å²) in [5, 5.41) is 0. The van der Waals surface area contributed by atoms with Gasteiger partial charge in [0, 0.05) is 43.5 Å². The zero-order valence-electron chi connectivity index (χ0n) is 14.3. The van der Waals surface area contributed by atoms with Gasteiger partial charge < -0.3 is 9.80 Å². The van der Waals surface area contributed by atoms with Crippen LogP contribution in [0.5, 0.6) is 0 Å². The maximum atomic E-state index is 12.9. The van der Waals surface area contributed by atoms with Crippen LogP contribution in [0.2, 0.25) is 0 Å². The molecule has 0 bridgehead atoms. The predicted molar refractivity (Wildman–Crippen MR) is 94.0 cm³/mol. The molecule has 2 aromatic rings. The maximum absolute atomic E-state index is 12.9. The number of aromatic nitrogens is 1. The third-order valence-electron chi connectivity index (χ3n) is 5.27. The van der Waals surface area contributed by atoms with E-state index in [0.717, 1.165) is 11.1 Å². The van der Waals surface area contributed by atoms with Gasteiger partial charge in [-0.3, -0.25) is 14.6 Å². The molecule has 0 radical (unpaired) electrons. The lowest BCUT2D eigenvalue weighted by atomic mass is 9.91. The van der Waals surface area contributed by atoms with Crippen LogP contribution in [-0.2, 0) is 11.3 Å². The van der Waals surface area contributed by atoms with Gasteiger partial charge in [0.25, 0.3) is 5.91 Å². The molecule has 2 aliphatic heterocycles. The molecule has 25 heavy (non-hydrogen) atoms. The zero-order chi connectivity index (χ0) is 17.4. The highest BCUT2D eigenvalue weighted by Crippen LogP contribution is 2.30. The molecule has 0 unspecified atom stereocenters. The topological polar surface area (TPSA) is 53.5 Å². The molecular weight excluding hydrogens is 314 g/mol. The van der Waals surface area contributed by atoms with Crippen LogP contribution in [-0.4, -0.2) is 45.7 Å². The van der Waals surface area contributed by atoms with Crippen molar-refractivity contribution in [2.45, 2.75) is 31.8 Å². The second-order valence-electron chi connectivity index (χ2n) is 6.73. The van der Waals surface area contributed by atoms with Gasteiger partial charge in [-0.2, -0.15) is 0 Å². The SMILES string of the molecule is CC[C@@H](C(=O)N1CC(c2ccncc2)C1)N1Cc2ccccc2C1=O. The van der Waals surface area contributed by atoms with Crippen molar-refractivity contribution in [3.63, 3.8) is 0 Å². The highest BCUT2D eigenvalue weighted by atomic mass is 16.2. The number of rotatable bonds is 4. The Morgan fingerprint density at radius 2 is 1.92 bits per heavy atom. The first-order valence-electron chi connectivity index (χ1n) is 8.76. The van der Waals surface area contributed by atoms with Gasteiger partial charge in [-0.1, -0.05) is 25.1 Å². The van der Waals surface area contributed by atoms with E-state index in [1.54, 1.807) is 17.3 Å². The summed E-state index contributed by atoms with van der Waals surface area (Å²) in [6.45, 7) is 3.93. The van der Waals surface area contributed by atoms with Crippen LogP contribution in [0.3, 0.4) is 0 Å². The summed E-state index contributed by atoms with van der Waals surface area (Å²) in [4.78, 5) is 33.2. The summed E-state index contributed by atoms with van der Waals surface area (Å²) in [6, 6.07) is 11.3. The van der Waals surface area contributed by atoms with Gasteiger partial charge >= 0.3 is 0 Å². The average molecular weight is 335 g/mol. The van der Waals surface area contributed by atoms with Crippen LogP contribution in [0.25, 0.3) is 0 Å². The monoisotopic (exact) mass is 335 g/mol. The molecule has 1 aromatic carbocycles. The van der Waals surface area contributed by atoms with Gasteiger partial charge in [-0.15, -0.1) is 0 Å². The van der Waals surface area contributed by atoms with E-state index in [-0.39, 0.29) is 17.9 Å². The van der Waals surface area contributed by atoms with Gasteiger partial charge in [-0.05, 0) is 35.7 Å². The third-order valence-corrected chi connectivity index (χ3v) is 5.27. The molecule has 0 spiro atoms. The molecule has 2 amide bonds. The molecule has 5 nitrogen and oxygen atoms in total. The molecule has 1 aromatic heterocycles. The van der Waals surface area contributed by atoms with Gasteiger partial charge in [-0.25, -0.2) is 0 Å². The molecule has 2 aliphatic rings. The Hall–Kier alpha value is -2.69. The number of nitrogens with zero attached hydrogens (tertiary/aromatic N) is 3. The Balaban J connectivity index is 1.44. The lowest BCUT2D eigenvalue weighted by molar-refractivity contribution is -0.140. The van der Waals surface area contributed by atoms with E-state index in [0.29, 0.717) is 32.0 Å². The minimum Gasteiger partial charge on any atom is -0.340 e. The van der Waals surface area contributed by atoms with Crippen molar-refractivity contribution in [2.24, 2.45) is 0 Å². The van der Waals surface area contributed by atoms with Crippen molar-refractivity contribution >= 4 is 11.8 Å².